The quantitative estimate of drug-likeness (QED) is 0.859. The summed E-state index contributed by atoms with van der Waals surface area (Å²) >= 11 is 0. The zero-order chi connectivity index (χ0) is 17.3. The second kappa shape index (κ2) is 6.55. The van der Waals surface area contributed by atoms with E-state index < -0.39 is 5.54 Å². The van der Waals surface area contributed by atoms with Gasteiger partial charge in [0.2, 0.25) is 5.91 Å². The Hall–Kier alpha value is -1.88. The standard InChI is InChI=1S/C19H26N2O3/c1-13(16-7-5-4-6-8-16)21-11-15-9-17(12-21)19(10-15,18(23)24-3)20-14(2)22/h4-8,13,15,17H,9-12H2,1-3H3,(H,20,22)/t13-,15+,17+,19+/m1/s1. The molecule has 0 aromatic heterocycles. The summed E-state index contributed by atoms with van der Waals surface area (Å²) in [7, 11) is 1.40. The molecule has 1 aliphatic carbocycles. The maximum absolute atomic E-state index is 12.5. The molecule has 0 radical (unpaired) electrons. The minimum absolute atomic E-state index is 0.0961. The normalized spacial score (nSPS) is 30.6. The van der Waals surface area contributed by atoms with Gasteiger partial charge in [-0.2, -0.15) is 0 Å². The molecular formula is C19H26N2O3. The summed E-state index contributed by atoms with van der Waals surface area (Å²) in [5.74, 6) is 0.0228. The molecule has 2 bridgehead atoms. The van der Waals surface area contributed by atoms with Gasteiger partial charge in [-0.15, -0.1) is 0 Å². The van der Waals surface area contributed by atoms with Crippen molar-refractivity contribution in [3.63, 3.8) is 0 Å². The Morgan fingerprint density at radius 1 is 1.29 bits per heavy atom. The van der Waals surface area contributed by atoms with Crippen molar-refractivity contribution in [1.29, 1.82) is 0 Å². The van der Waals surface area contributed by atoms with Crippen molar-refractivity contribution >= 4 is 11.9 Å². The summed E-state index contributed by atoms with van der Waals surface area (Å²) < 4.78 is 5.05. The number of rotatable bonds is 4. The highest BCUT2D eigenvalue weighted by atomic mass is 16.5. The monoisotopic (exact) mass is 330 g/mol. The van der Waals surface area contributed by atoms with E-state index in [4.69, 9.17) is 4.74 Å². The van der Waals surface area contributed by atoms with Gasteiger partial charge in [-0.25, -0.2) is 4.79 Å². The third-order valence-corrected chi connectivity index (χ3v) is 5.65. The summed E-state index contributed by atoms with van der Waals surface area (Å²) in [6.07, 6.45) is 1.63. The van der Waals surface area contributed by atoms with E-state index in [0.717, 1.165) is 19.5 Å². The van der Waals surface area contributed by atoms with Crippen molar-refractivity contribution in [2.75, 3.05) is 20.2 Å². The van der Waals surface area contributed by atoms with Gasteiger partial charge in [0.05, 0.1) is 7.11 Å². The number of carbonyl (C=O) groups excluding carboxylic acids is 2. The van der Waals surface area contributed by atoms with Crippen LogP contribution in [0, 0.1) is 11.8 Å². The molecule has 2 aliphatic rings. The van der Waals surface area contributed by atoms with Gasteiger partial charge in [0, 0.05) is 32.0 Å². The smallest absolute Gasteiger partial charge is 0.331 e. The first-order valence-electron chi connectivity index (χ1n) is 8.62. The first kappa shape index (κ1) is 17.0. The van der Waals surface area contributed by atoms with E-state index in [-0.39, 0.29) is 17.8 Å². The Kier molecular flexibility index (Phi) is 4.63. The third kappa shape index (κ3) is 2.93. The first-order valence-corrected chi connectivity index (χ1v) is 8.62. The zero-order valence-corrected chi connectivity index (χ0v) is 14.6. The van der Waals surface area contributed by atoms with Crippen molar-refractivity contribution in [2.45, 2.75) is 38.3 Å². The van der Waals surface area contributed by atoms with E-state index in [1.54, 1.807) is 0 Å². The maximum atomic E-state index is 12.5. The van der Waals surface area contributed by atoms with Crippen molar-refractivity contribution in [3.05, 3.63) is 35.9 Å². The summed E-state index contributed by atoms with van der Waals surface area (Å²) in [5.41, 5.74) is 0.415. The fourth-order valence-corrected chi connectivity index (χ4v) is 4.58. The molecule has 2 fully saturated rings. The number of esters is 1. The number of carbonyl (C=O) groups is 2. The van der Waals surface area contributed by atoms with Gasteiger partial charge in [-0.3, -0.25) is 9.69 Å². The van der Waals surface area contributed by atoms with Crippen LogP contribution in [-0.4, -0.2) is 42.5 Å². The Morgan fingerprint density at radius 2 is 2.00 bits per heavy atom. The van der Waals surface area contributed by atoms with Gasteiger partial charge in [0.15, 0.2) is 0 Å². The number of likely N-dealkylation sites (tertiary alicyclic amines) is 1. The Bertz CT molecular complexity index is 618. The lowest BCUT2D eigenvalue weighted by atomic mass is 9.85. The zero-order valence-electron chi connectivity index (χ0n) is 14.6. The minimum atomic E-state index is -0.865. The average Bonchev–Trinajstić information content (AvgIpc) is 2.84. The molecule has 5 nitrogen and oxygen atoms in total. The SMILES string of the molecule is COC(=O)[C@]1(NC(C)=O)C[C@@H]2C[C@H]1CN([C@H](C)c1ccccc1)C2. The molecule has 1 saturated heterocycles. The van der Waals surface area contributed by atoms with Crippen LogP contribution in [0.5, 0.6) is 0 Å². The molecule has 4 atom stereocenters. The van der Waals surface area contributed by atoms with Crippen LogP contribution in [0.25, 0.3) is 0 Å². The largest absolute Gasteiger partial charge is 0.467 e. The van der Waals surface area contributed by atoms with Crippen LogP contribution in [-0.2, 0) is 14.3 Å². The predicted octanol–water partition coefficient (Wildman–Crippen LogP) is 2.14. The van der Waals surface area contributed by atoms with Crippen LogP contribution in [0.4, 0.5) is 0 Å². The number of piperidine rings is 1. The molecule has 1 saturated carbocycles. The van der Waals surface area contributed by atoms with Gasteiger partial charge in [0.25, 0.3) is 0 Å². The fraction of sp³-hybridized carbons (Fsp3) is 0.579. The lowest BCUT2D eigenvalue weighted by Gasteiger charge is -2.39. The van der Waals surface area contributed by atoms with Crippen molar-refractivity contribution in [3.8, 4) is 0 Å². The molecular weight excluding hydrogens is 304 g/mol. The number of fused-ring (bicyclic) bond motifs is 2. The summed E-state index contributed by atoms with van der Waals surface area (Å²) in [5, 5.41) is 2.94. The average molecular weight is 330 g/mol. The van der Waals surface area contributed by atoms with Gasteiger partial charge >= 0.3 is 5.97 Å². The van der Waals surface area contributed by atoms with E-state index in [2.05, 4.69) is 41.4 Å². The number of benzene rings is 1. The van der Waals surface area contributed by atoms with Crippen LogP contribution >= 0.6 is 0 Å². The predicted molar refractivity (Wildman–Crippen MR) is 91.2 cm³/mol. The second-order valence-electron chi connectivity index (χ2n) is 7.19. The number of hydrogen-bond donors (Lipinski definition) is 1. The number of hydrogen-bond acceptors (Lipinski definition) is 4. The number of nitrogens with zero attached hydrogens (tertiary/aromatic N) is 1. The van der Waals surface area contributed by atoms with Crippen LogP contribution in [0.1, 0.15) is 38.3 Å². The Balaban J connectivity index is 1.83. The van der Waals surface area contributed by atoms with Crippen LogP contribution in [0.15, 0.2) is 30.3 Å². The lowest BCUT2D eigenvalue weighted by Crippen LogP contribution is -2.58. The van der Waals surface area contributed by atoms with Crippen LogP contribution in [0.2, 0.25) is 0 Å². The van der Waals surface area contributed by atoms with E-state index >= 15 is 0 Å². The molecule has 0 spiro atoms. The van der Waals surface area contributed by atoms with Gasteiger partial charge < -0.3 is 10.1 Å². The molecule has 5 heteroatoms. The first-order chi connectivity index (χ1) is 11.5. The van der Waals surface area contributed by atoms with E-state index in [0.29, 0.717) is 18.4 Å². The number of nitrogens with one attached hydrogen (secondary N) is 1. The molecule has 1 aromatic rings. The third-order valence-electron chi connectivity index (χ3n) is 5.65. The number of ether oxygens (including phenoxy) is 1. The van der Waals surface area contributed by atoms with E-state index in [1.807, 2.05) is 6.07 Å². The van der Waals surface area contributed by atoms with Crippen molar-refractivity contribution in [2.24, 2.45) is 11.8 Å². The molecule has 1 heterocycles. The lowest BCUT2D eigenvalue weighted by molar-refractivity contribution is -0.152. The van der Waals surface area contributed by atoms with E-state index in [1.165, 1.54) is 19.6 Å². The van der Waals surface area contributed by atoms with Gasteiger partial charge in [-0.1, -0.05) is 30.3 Å². The molecule has 1 amide bonds. The molecule has 1 aromatic carbocycles. The molecule has 1 N–H and O–H groups in total. The molecule has 0 unspecified atom stereocenters. The summed E-state index contributed by atoms with van der Waals surface area (Å²) in [4.78, 5) is 26.7. The van der Waals surface area contributed by atoms with Crippen molar-refractivity contribution in [1.82, 2.24) is 10.2 Å². The summed E-state index contributed by atoms with van der Waals surface area (Å²) in [6.45, 7) is 5.42. The topological polar surface area (TPSA) is 58.6 Å². The van der Waals surface area contributed by atoms with Crippen LogP contribution < -0.4 is 5.32 Å². The highest BCUT2D eigenvalue weighted by Crippen LogP contribution is 2.46. The Labute approximate surface area is 143 Å². The van der Waals surface area contributed by atoms with E-state index in [9.17, 15) is 9.59 Å². The van der Waals surface area contributed by atoms with Crippen molar-refractivity contribution < 1.29 is 14.3 Å². The van der Waals surface area contributed by atoms with Gasteiger partial charge in [-0.05, 0) is 31.2 Å². The highest BCUT2D eigenvalue weighted by Gasteiger charge is 2.57. The highest BCUT2D eigenvalue weighted by molar-refractivity contribution is 5.88. The Morgan fingerprint density at radius 3 is 2.62 bits per heavy atom. The molecule has 1 aliphatic heterocycles. The molecule has 24 heavy (non-hydrogen) atoms. The molecule has 130 valence electrons. The molecule has 3 rings (SSSR count). The van der Waals surface area contributed by atoms with Gasteiger partial charge in [0.1, 0.15) is 5.54 Å². The number of amides is 1. The minimum Gasteiger partial charge on any atom is -0.467 e. The second-order valence-corrected chi connectivity index (χ2v) is 7.19. The number of methoxy groups -OCH3 is 1. The fourth-order valence-electron chi connectivity index (χ4n) is 4.58. The maximum Gasteiger partial charge on any atom is 0.331 e. The summed E-state index contributed by atoms with van der Waals surface area (Å²) in [6, 6.07) is 10.7. The van der Waals surface area contributed by atoms with Crippen LogP contribution in [0.3, 0.4) is 0 Å².